The van der Waals surface area contributed by atoms with Gasteiger partial charge in [0, 0.05) is 38.1 Å². The Morgan fingerprint density at radius 2 is 1.71 bits per heavy atom. The molecule has 1 aromatic rings. The maximum absolute atomic E-state index is 13.3. The van der Waals surface area contributed by atoms with Gasteiger partial charge in [0.05, 0.1) is 6.10 Å². The van der Waals surface area contributed by atoms with Crippen molar-refractivity contribution in [2.45, 2.75) is 72.3 Å². The average Bonchev–Trinajstić information content (AvgIpc) is 2.82. The molecule has 0 fully saturated rings. The van der Waals surface area contributed by atoms with Gasteiger partial charge in [-0.05, 0) is 31.1 Å². The number of amides is 1. The first-order chi connectivity index (χ1) is 16.4. The maximum atomic E-state index is 13.3. The van der Waals surface area contributed by atoms with Crippen LogP contribution in [-0.4, -0.2) is 59.3 Å². The molecular weight excluding hydrogens is 446 g/mol. The van der Waals surface area contributed by atoms with Crippen LogP contribution in [0.5, 0.6) is 0 Å². The first kappa shape index (κ1) is 28.3. The molecule has 1 N–H and O–H groups in total. The molecule has 35 heavy (non-hydrogen) atoms. The van der Waals surface area contributed by atoms with Crippen LogP contribution >= 0.6 is 0 Å². The highest BCUT2D eigenvalue weighted by atomic mass is 16.6. The molecule has 0 spiro atoms. The van der Waals surface area contributed by atoms with Gasteiger partial charge in [-0.15, -0.1) is 0 Å². The number of benzene rings is 1. The van der Waals surface area contributed by atoms with Crippen molar-refractivity contribution in [1.82, 2.24) is 4.90 Å². The van der Waals surface area contributed by atoms with Crippen LogP contribution in [0, 0.1) is 17.8 Å². The van der Waals surface area contributed by atoms with Crippen molar-refractivity contribution >= 4 is 17.8 Å². The highest BCUT2D eigenvalue weighted by molar-refractivity contribution is 5.91. The third kappa shape index (κ3) is 7.79. The number of hydrogen-bond donors (Lipinski definition) is 1. The third-order valence-corrected chi connectivity index (χ3v) is 6.77. The summed E-state index contributed by atoms with van der Waals surface area (Å²) in [7, 11) is 1.57. The molecule has 0 bridgehead atoms. The molecule has 0 saturated carbocycles. The Hall–Kier alpha value is -2.93. The van der Waals surface area contributed by atoms with Crippen molar-refractivity contribution in [2.75, 3.05) is 7.05 Å². The Bertz CT molecular complexity index is 940. The first-order valence-electron chi connectivity index (χ1n) is 12.1. The number of rotatable bonds is 3. The van der Waals surface area contributed by atoms with Gasteiger partial charge >= 0.3 is 11.9 Å². The monoisotopic (exact) mass is 485 g/mol. The Morgan fingerprint density at radius 1 is 1.09 bits per heavy atom. The molecule has 1 aliphatic rings. The van der Waals surface area contributed by atoms with Gasteiger partial charge in [0.2, 0.25) is 5.91 Å². The summed E-state index contributed by atoms with van der Waals surface area (Å²) in [6.07, 6.45) is 3.22. The molecule has 1 heterocycles. The normalized spacial score (nSPS) is 31.1. The second kappa shape index (κ2) is 12.7. The second-order valence-corrected chi connectivity index (χ2v) is 9.66. The zero-order valence-corrected chi connectivity index (χ0v) is 21.8. The lowest BCUT2D eigenvalue weighted by molar-refractivity contribution is -0.165. The topological polar surface area (TPSA) is 93.1 Å². The summed E-state index contributed by atoms with van der Waals surface area (Å²) in [6.45, 7) is 10.5. The van der Waals surface area contributed by atoms with Crippen LogP contribution in [-0.2, 0) is 30.3 Å². The Kier molecular flexibility index (Phi) is 10.3. The van der Waals surface area contributed by atoms with E-state index >= 15 is 0 Å². The van der Waals surface area contributed by atoms with E-state index < -0.39 is 36.3 Å². The SMILES string of the molecule is CC(=O)OC1C(C)C=C(C)C(O)C(C)C=CC(=O)N(C)C(Cc2ccccc2)C(=O)OC(C)C1C. The molecule has 0 radical (unpaired) electrons. The molecule has 192 valence electrons. The van der Waals surface area contributed by atoms with E-state index in [9.17, 15) is 19.5 Å². The number of carbonyl (C=O) groups is 3. The summed E-state index contributed by atoms with van der Waals surface area (Å²) in [5, 5.41) is 10.8. The van der Waals surface area contributed by atoms with Crippen LogP contribution in [0.4, 0.5) is 0 Å². The molecule has 7 nitrogen and oxygen atoms in total. The number of aliphatic hydroxyl groups excluding tert-OH is 1. The third-order valence-electron chi connectivity index (χ3n) is 6.77. The zero-order chi connectivity index (χ0) is 26.3. The van der Waals surface area contributed by atoms with E-state index in [2.05, 4.69) is 0 Å². The van der Waals surface area contributed by atoms with Gasteiger partial charge < -0.3 is 19.5 Å². The lowest BCUT2D eigenvalue weighted by Gasteiger charge is -2.33. The van der Waals surface area contributed by atoms with Crippen molar-refractivity contribution in [3.63, 3.8) is 0 Å². The van der Waals surface area contributed by atoms with E-state index in [1.165, 1.54) is 17.9 Å². The summed E-state index contributed by atoms with van der Waals surface area (Å²) in [5.41, 5.74) is 1.60. The molecule has 0 saturated heterocycles. The fourth-order valence-electron chi connectivity index (χ4n) is 4.37. The highest BCUT2D eigenvalue weighted by Crippen LogP contribution is 2.27. The van der Waals surface area contributed by atoms with Gasteiger partial charge in [0.1, 0.15) is 18.2 Å². The second-order valence-electron chi connectivity index (χ2n) is 9.66. The van der Waals surface area contributed by atoms with Crippen LogP contribution in [0.15, 0.2) is 54.1 Å². The fourth-order valence-corrected chi connectivity index (χ4v) is 4.37. The number of likely N-dealkylation sites (N-methyl/N-ethyl adjacent to an activating group) is 1. The predicted octanol–water partition coefficient (Wildman–Crippen LogP) is 3.70. The standard InChI is InChI=1S/C28H39NO6/c1-17-13-14-25(31)29(7)24(16-23-11-9-8-10-12-23)28(33)34-21(5)20(4)27(35-22(6)30)19(3)15-18(2)26(17)32/h8-15,17,19-21,24,26-27,32H,16H2,1-7H3. The van der Waals surface area contributed by atoms with Crippen molar-refractivity contribution < 1.29 is 29.0 Å². The number of hydrogen-bond acceptors (Lipinski definition) is 6. The van der Waals surface area contributed by atoms with Crippen LogP contribution in [0.25, 0.3) is 0 Å². The van der Waals surface area contributed by atoms with Crippen molar-refractivity contribution in [3.8, 4) is 0 Å². The maximum Gasteiger partial charge on any atom is 0.329 e. The average molecular weight is 486 g/mol. The number of carbonyl (C=O) groups excluding carboxylic acids is 3. The van der Waals surface area contributed by atoms with Crippen LogP contribution in [0.3, 0.4) is 0 Å². The Balaban J connectivity index is 2.49. The zero-order valence-electron chi connectivity index (χ0n) is 21.8. The van der Waals surface area contributed by atoms with Crippen LogP contribution < -0.4 is 0 Å². The highest BCUT2D eigenvalue weighted by Gasteiger charge is 2.35. The quantitative estimate of drug-likeness (QED) is 0.518. The lowest BCUT2D eigenvalue weighted by atomic mass is 9.86. The summed E-state index contributed by atoms with van der Waals surface area (Å²) >= 11 is 0. The van der Waals surface area contributed by atoms with Crippen LogP contribution in [0.1, 0.15) is 47.1 Å². The van der Waals surface area contributed by atoms with E-state index in [4.69, 9.17) is 9.47 Å². The molecule has 0 aliphatic carbocycles. The molecular formula is C28H39NO6. The summed E-state index contributed by atoms with van der Waals surface area (Å²) in [6, 6.07) is 8.59. The molecule has 7 unspecified atom stereocenters. The molecule has 0 aromatic heterocycles. The number of esters is 2. The minimum atomic E-state index is -0.848. The number of cyclic esters (lactones) is 1. The van der Waals surface area contributed by atoms with E-state index in [1.54, 1.807) is 20.0 Å². The molecule has 2 rings (SSSR count). The van der Waals surface area contributed by atoms with E-state index in [0.29, 0.717) is 12.0 Å². The first-order valence-corrected chi connectivity index (χ1v) is 12.1. The lowest BCUT2D eigenvalue weighted by Crippen LogP contribution is -2.46. The summed E-state index contributed by atoms with van der Waals surface area (Å²) < 4.78 is 11.5. The van der Waals surface area contributed by atoms with Gasteiger partial charge in [-0.2, -0.15) is 0 Å². The largest absolute Gasteiger partial charge is 0.462 e. The molecule has 7 atom stereocenters. The van der Waals surface area contributed by atoms with Crippen molar-refractivity contribution in [2.24, 2.45) is 17.8 Å². The van der Waals surface area contributed by atoms with Gasteiger partial charge in [-0.3, -0.25) is 9.59 Å². The van der Waals surface area contributed by atoms with Crippen molar-refractivity contribution in [3.05, 3.63) is 59.7 Å². The van der Waals surface area contributed by atoms with Gasteiger partial charge in [0.25, 0.3) is 0 Å². The van der Waals surface area contributed by atoms with Gasteiger partial charge in [0.15, 0.2) is 0 Å². The minimum Gasteiger partial charge on any atom is -0.462 e. The fraction of sp³-hybridized carbons (Fsp3) is 0.536. The number of nitrogens with zero attached hydrogens (tertiary/aromatic N) is 1. The van der Waals surface area contributed by atoms with Crippen molar-refractivity contribution in [1.29, 1.82) is 0 Å². The Morgan fingerprint density at radius 3 is 2.31 bits per heavy atom. The van der Waals surface area contributed by atoms with E-state index in [0.717, 1.165) is 5.56 Å². The Labute approximate surface area is 208 Å². The predicted molar refractivity (Wildman–Crippen MR) is 134 cm³/mol. The van der Waals surface area contributed by atoms with Crippen LogP contribution in [0.2, 0.25) is 0 Å². The molecule has 7 heteroatoms. The number of ether oxygens (including phenoxy) is 2. The molecule has 1 aromatic carbocycles. The van der Waals surface area contributed by atoms with E-state index in [1.807, 2.05) is 64.1 Å². The minimum absolute atomic E-state index is 0.240. The number of aliphatic hydroxyl groups is 1. The molecule has 1 amide bonds. The van der Waals surface area contributed by atoms with Gasteiger partial charge in [-0.25, -0.2) is 4.79 Å². The van der Waals surface area contributed by atoms with Gasteiger partial charge in [-0.1, -0.05) is 63.3 Å². The molecule has 1 aliphatic heterocycles. The summed E-state index contributed by atoms with van der Waals surface area (Å²) in [5.74, 6) is -2.23. The summed E-state index contributed by atoms with van der Waals surface area (Å²) in [4.78, 5) is 39.6. The van der Waals surface area contributed by atoms with E-state index in [-0.39, 0.29) is 23.7 Å². The smallest absolute Gasteiger partial charge is 0.329 e.